The fourth-order valence-corrected chi connectivity index (χ4v) is 4.84. The van der Waals surface area contributed by atoms with Crippen molar-refractivity contribution in [1.82, 2.24) is 10.2 Å². The molecule has 1 saturated heterocycles. The molecule has 0 bridgehead atoms. The zero-order valence-corrected chi connectivity index (χ0v) is 19.9. The Hall–Kier alpha value is -2.71. The van der Waals surface area contributed by atoms with E-state index in [9.17, 15) is 23.9 Å². The molecule has 0 aliphatic carbocycles. The summed E-state index contributed by atoms with van der Waals surface area (Å²) in [6.45, 7) is 0.870. The predicted octanol–water partition coefficient (Wildman–Crippen LogP) is 3.22. The number of hydrogen-bond acceptors (Lipinski definition) is 5. The second kappa shape index (κ2) is 12.1. The van der Waals surface area contributed by atoms with E-state index in [1.807, 2.05) is 18.2 Å². The molecule has 2 amide bonds. The summed E-state index contributed by atoms with van der Waals surface area (Å²) in [4.78, 5) is 47.3. The molecule has 0 spiro atoms. The number of likely N-dealkylation sites (tertiary alicyclic amines) is 1. The molecule has 9 nitrogen and oxygen atoms in total. The van der Waals surface area contributed by atoms with Gasteiger partial charge in [-0.25, -0.2) is 0 Å². The van der Waals surface area contributed by atoms with E-state index in [4.69, 9.17) is 10.5 Å². The van der Waals surface area contributed by atoms with Crippen molar-refractivity contribution in [2.75, 3.05) is 13.1 Å². The van der Waals surface area contributed by atoms with Crippen LogP contribution in [0.5, 0.6) is 11.5 Å². The molecule has 0 radical (unpaired) electrons. The molecule has 1 aliphatic rings. The quantitative estimate of drug-likeness (QED) is 0.280. The normalized spacial score (nSPS) is 16.8. The van der Waals surface area contributed by atoms with Crippen LogP contribution >= 0.6 is 7.60 Å². The van der Waals surface area contributed by atoms with E-state index < -0.39 is 25.3 Å². The number of hydrogen-bond donors (Lipinski definition) is 4. The van der Waals surface area contributed by atoms with E-state index >= 15 is 0 Å². The lowest BCUT2D eigenvalue weighted by atomic mass is 10.1. The second-order valence-corrected chi connectivity index (χ2v) is 10.1. The number of unbranched alkanes of at least 4 members (excludes halogenated alkanes) is 2. The van der Waals surface area contributed by atoms with Crippen LogP contribution in [-0.2, 0) is 9.36 Å². The van der Waals surface area contributed by atoms with E-state index in [-0.39, 0.29) is 12.3 Å². The monoisotopic (exact) mass is 489 g/mol. The number of ether oxygens (including phenoxy) is 1. The smallest absolute Gasteiger partial charge is 0.347 e. The number of rotatable bonds is 11. The highest BCUT2D eigenvalue weighted by atomic mass is 31.2. The Morgan fingerprint density at radius 2 is 1.79 bits per heavy atom. The van der Waals surface area contributed by atoms with Crippen molar-refractivity contribution in [2.45, 2.75) is 50.3 Å². The van der Waals surface area contributed by atoms with Gasteiger partial charge in [-0.1, -0.05) is 43.2 Å². The van der Waals surface area contributed by atoms with Crippen molar-refractivity contribution in [1.29, 1.82) is 0 Å². The number of carbonyl (C=O) groups is 2. The molecule has 10 heteroatoms. The molecule has 2 atom stereocenters. The molecule has 184 valence electrons. The van der Waals surface area contributed by atoms with E-state index in [1.54, 1.807) is 36.4 Å². The average molecular weight is 490 g/mol. The third kappa shape index (κ3) is 6.90. The summed E-state index contributed by atoms with van der Waals surface area (Å²) in [5, 5.41) is 2.51. The Kier molecular flexibility index (Phi) is 9.24. The highest BCUT2D eigenvalue weighted by molar-refractivity contribution is 7.52. The molecular weight excluding hydrogens is 457 g/mol. The van der Waals surface area contributed by atoms with Gasteiger partial charge in [-0.2, -0.15) is 0 Å². The first kappa shape index (κ1) is 25.9. The minimum absolute atomic E-state index is 0.143. The van der Waals surface area contributed by atoms with Crippen LogP contribution in [0.3, 0.4) is 0 Å². The third-order valence-corrected chi connectivity index (χ3v) is 7.00. The number of nitrogens with one attached hydrogen (secondary N) is 1. The van der Waals surface area contributed by atoms with E-state index in [2.05, 4.69) is 5.32 Å². The van der Waals surface area contributed by atoms with Crippen LogP contribution < -0.4 is 15.8 Å². The largest absolute Gasteiger partial charge is 0.457 e. The maximum atomic E-state index is 13.4. The molecule has 2 aromatic carbocycles. The Morgan fingerprint density at radius 1 is 1.09 bits per heavy atom. The van der Waals surface area contributed by atoms with Gasteiger partial charge in [-0.3, -0.25) is 14.2 Å². The summed E-state index contributed by atoms with van der Waals surface area (Å²) in [6, 6.07) is 15.1. The highest BCUT2D eigenvalue weighted by Crippen LogP contribution is 2.42. The van der Waals surface area contributed by atoms with Crippen LogP contribution in [0.1, 0.15) is 48.9 Å². The van der Waals surface area contributed by atoms with Gasteiger partial charge < -0.3 is 30.5 Å². The lowest BCUT2D eigenvalue weighted by Crippen LogP contribution is -2.48. The highest BCUT2D eigenvalue weighted by Gasteiger charge is 2.38. The summed E-state index contributed by atoms with van der Waals surface area (Å²) in [7, 11) is -4.55. The van der Waals surface area contributed by atoms with Gasteiger partial charge in [0.2, 0.25) is 5.91 Å². The van der Waals surface area contributed by atoms with Gasteiger partial charge in [0.1, 0.15) is 23.3 Å². The Balaban J connectivity index is 1.72. The van der Waals surface area contributed by atoms with Gasteiger partial charge in [0.05, 0.1) is 5.56 Å². The molecule has 1 heterocycles. The average Bonchev–Trinajstić information content (AvgIpc) is 3.31. The van der Waals surface area contributed by atoms with Crippen LogP contribution in [0.2, 0.25) is 0 Å². The van der Waals surface area contributed by atoms with Crippen molar-refractivity contribution >= 4 is 19.4 Å². The van der Waals surface area contributed by atoms with Gasteiger partial charge in [0, 0.05) is 6.54 Å². The van der Waals surface area contributed by atoms with Crippen molar-refractivity contribution in [3.63, 3.8) is 0 Å². The topological polar surface area (TPSA) is 142 Å². The first-order valence-corrected chi connectivity index (χ1v) is 13.2. The fraction of sp³-hybridized carbons (Fsp3) is 0.417. The third-order valence-electron chi connectivity index (χ3n) is 5.80. The molecule has 3 rings (SSSR count). The second-order valence-electron chi connectivity index (χ2n) is 8.32. The maximum absolute atomic E-state index is 13.4. The van der Waals surface area contributed by atoms with E-state index in [0.29, 0.717) is 49.4 Å². The predicted molar refractivity (Wildman–Crippen MR) is 129 cm³/mol. The first-order valence-electron chi connectivity index (χ1n) is 11.5. The van der Waals surface area contributed by atoms with Crippen molar-refractivity contribution in [2.24, 2.45) is 5.73 Å². The maximum Gasteiger partial charge on any atom is 0.347 e. The van der Waals surface area contributed by atoms with E-state index in [1.165, 1.54) is 4.90 Å². The number of amides is 2. The summed E-state index contributed by atoms with van der Waals surface area (Å²) >= 11 is 0. The van der Waals surface area contributed by atoms with E-state index in [0.717, 1.165) is 12.8 Å². The Morgan fingerprint density at radius 3 is 2.50 bits per heavy atom. The fourth-order valence-electron chi connectivity index (χ4n) is 4.03. The summed E-state index contributed by atoms with van der Waals surface area (Å²) in [5.41, 5.74) is 5.79. The van der Waals surface area contributed by atoms with Crippen LogP contribution in [0.15, 0.2) is 54.6 Å². The summed E-state index contributed by atoms with van der Waals surface area (Å²) < 4.78 is 17.9. The minimum Gasteiger partial charge on any atom is -0.457 e. The van der Waals surface area contributed by atoms with Gasteiger partial charge in [0.25, 0.3) is 5.91 Å². The van der Waals surface area contributed by atoms with Gasteiger partial charge in [-0.05, 0) is 56.5 Å². The van der Waals surface area contributed by atoms with Gasteiger partial charge >= 0.3 is 7.60 Å². The standard InChI is InChI=1S/C24H32N3O6P/c25-16-8-2-5-15-22(34(30,31)32)26-23(28)20-13-9-17-27(20)24(29)19-12-6-7-14-21(19)33-18-10-3-1-4-11-18/h1,3-4,6-7,10-12,14,20,22H,2,5,8-9,13,15-17,25H2,(H,26,28)(H2,30,31,32)/t20-,22?/m0/s1. The summed E-state index contributed by atoms with van der Waals surface area (Å²) in [6.07, 6.45) is 3.17. The number of carbonyl (C=O) groups excluding carboxylic acids is 2. The molecule has 1 aliphatic heterocycles. The number of nitrogens with zero attached hydrogens (tertiary/aromatic N) is 1. The van der Waals surface area contributed by atoms with Crippen molar-refractivity contribution in [3.8, 4) is 11.5 Å². The molecule has 34 heavy (non-hydrogen) atoms. The van der Waals surface area contributed by atoms with Crippen molar-refractivity contribution in [3.05, 3.63) is 60.2 Å². The number of benzene rings is 2. The lowest BCUT2D eigenvalue weighted by molar-refractivity contribution is -0.125. The van der Waals surface area contributed by atoms with Crippen molar-refractivity contribution < 1.29 is 28.7 Å². The van der Waals surface area contributed by atoms with Gasteiger partial charge in [-0.15, -0.1) is 0 Å². The van der Waals surface area contributed by atoms with Crippen LogP contribution in [0.25, 0.3) is 0 Å². The molecule has 5 N–H and O–H groups in total. The molecule has 2 aromatic rings. The van der Waals surface area contributed by atoms with Crippen LogP contribution in [-0.4, -0.2) is 51.4 Å². The summed E-state index contributed by atoms with van der Waals surface area (Å²) in [5.74, 6) is -1.25. The molecular formula is C24H32N3O6P. The lowest BCUT2D eigenvalue weighted by Gasteiger charge is -2.27. The zero-order valence-electron chi connectivity index (χ0n) is 19.0. The number of para-hydroxylation sites is 2. The molecule has 1 unspecified atom stereocenters. The Labute approximate surface area is 199 Å². The number of nitrogens with two attached hydrogens (primary N) is 1. The minimum atomic E-state index is -4.55. The Bertz CT molecular complexity index is 1010. The zero-order chi connectivity index (χ0) is 24.6. The SMILES string of the molecule is NCCCCCC(NC(=O)[C@@H]1CCCN1C(=O)c1ccccc1Oc1ccccc1)P(=O)(O)O. The van der Waals surface area contributed by atoms with Gasteiger partial charge in [0.15, 0.2) is 0 Å². The first-order chi connectivity index (χ1) is 16.3. The molecule has 0 saturated carbocycles. The van der Waals surface area contributed by atoms with Crippen LogP contribution in [0, 0.1) is 0 Å². The van der Waals surface area contributed by atoms with Crippen LogP contribution in [0.4, 0.5) is 0 Å². The molecule has 0 aromatic heterocycles. The molecule has 1 fully saturated rings.